The molecule has 11 heteroatoms. The molecular formula is C29H34N4O6S. The minimum absolute atomic E-state index is 0.0259. The standard InChI is InChI=1S/C29H34N4O6S/c1-5-30-29(35)27(17-23-9-7-6-8-10-23)31(19-24-14-11-21(2)12-15-24)28(34)20-32(40(4,38)39)26-18-25(33(36)37)16-13-22(26)3/h6-16,18,27H,5,17,19-20H2,1-4H3,(H,30,35)/t27-/m1/s1. The molecule has 40 heavy (non-hydrogen) atoms. The molecule has 0 aliphatic heterocycles. The Bertz CT molecular complexity index is 1460. The third-order valence-electron chi connectivity index (χ3n) is 6.45. The molecule has 1 N–H and O–H groups in total. The summed E-state index contributed by atoms with van der Waals surface area (Å²) in [4.78, 5) is 39.5. The SMILES string of the molecule is CCNC(=O)[C@@H](Cc1ccccc1)N(Cc1ccc(C)cc1)C(=O)CN(c1cc([N+](=O)[O-])ccc1C)S(C)(=O)=O. The number of anilines is 1. The molecule has 0 unspecified atom stereocenters. The van der Waals surface area contributed by atoms with Crippen LogP contribution in [0.1, 0.15) is 29.2 Å². The first kappa shape index (κ1) is 30.3. The first-order valence-corrected chi connectivity index (χ1v) is 14.6. The highest BCUT2D eigenvalue weighted by atomic mass is 32.2. The summed E-state index contributed by atoms with van der Waals surface area (Å²) in [6.45, 7) is 5.08. The Balaban J connectivity index is 2.08. The summed E-state index contributed by atoms with van der Waals surface area (Å²) in [7, 11) is -4.04. The van der Waals surface area contributed by atoms with Gasteiger partial charge in [0.15, 0.2) is 0 Å². The van der Waals surface area contributed by atoms with Crippen molar-refractivity contribution in [1.82, 2.24) is 10.2 Å². The minimum Gasteiger partial charge on any atom is -0.355 e. The molecule has 0 saturated carbocycles. The lowest BCUT2D eigenvalue weighted by Gasteiger charge is -2.33. The Morgan fingerprint density at radius 1 is 0.975 bits per heavy atom. The van der Waals surface area contributed by atoms with Gasteiger partial charge in [-0.3, -0.25) is 24.0 Å². The van der Waals surface area contributed by atoms with Gasteiger partial charge in [0, 0.05) is 31.6 Å². The van der Waals surface area contributed by atoms with Crippen LogP contribution in [0.25, 0.3) is 0 Å². The van der Waals surface area contributed by atoms with Crippen molar-refractivity contribution >= 4 is 33.2 Å². The van der Waals surface area contributed by atoms with Gasteiger partial charge in [-0.1, -0.05) is 66.2 Å². The Morgan fingerprint density at radius 2 is 1.62 bits per heavy atom. The van der Waals surface area contributed by atoms with E-state index in [4.69, 9.17) is 0 Å². The zero-order valence-electron chi connectivity index (χ0n) is 23.0. The van der Waals surface area contributed by atoms with Crippen molar-refractivity contribution in [2.75, 3.05) is 23.7 Å². The first-order valence-electron chi connectivity index (χ1n) is 12.8. The Morgan fingerprint density at radius 3 is 2.20 bits per heavy atom. The summed E-state index contributed by atoms with van der Waals surface area (Å²) < 4.78 is 26.7. The fraction of sp³-hybridized carbons (Fsp3) is 0.310. The van der Waals surface area contributed by atoms with Crippen molar-refractivity contribution in [2.45, 2.75) is 39.8 Å². The second kappa shape index (κ2) is 13.2. The number of rotatable bonds is 12. The van der Waals surface area contributed by atoms with E-state index in [9.17, 15) is 28.1 Å². The van der Waals surface area contributed by atoms with E-state index in [0.29, 0.717) is 12.1 Å². The maximum Gasteiger partial charge on any atom is 0.271 e. The summed E-state index contributed by atoms with van der Waals surface area (Å²) >= 11 is 0. The van der Waals surface area contributed by atoms with Crippen LogP contribution in [0.4, 0.5) is 11.4 Å². The number of hydrogen-bond acceptors (Lipinski definition) is 6. The Labute approximate surface area is 234 Å². The van der Waals surface area contributed by atoms with E-state index in [0.717, 1.165) is 33.3 Å². The van der Waals surface area contributed by atoms with Crippen LogP contribution in [0.3, 0.4) is 0 Å². The molecule has 0 saturated heterocycles. The molecule has 3 aromatic carbocycles. The number of nitrogens with one attached hydrogen (secondary N) is 1. The second-order valence-electron chi connectivity index (χ2n) is 9.60. The smallest absolute Gasteiger partial charge is 0.271 e. The van der Waals surface area contributed by atoms with Crippen LogP contribution in [-0.4, -0.2) is 55.4 Å². The number of aryl methyl sites for hydroxylation is 2. The highest BCUT2D eigenvalue weighted by Crippen LogP contribution is 2.28. The number of carbonyl (C=O) groups is 2. The molecule has 0 spiro atoms. The van der Waals surface area contributed by atoms with Crippen molar-refractivity contribution in [3.63, 3.8) is 0 Å². The summed E-state index contributed by atoms with van der Waals surface area (Å²) in [5.74, 6) is -0.992. The molecule has 0 fully saturated rings. The molecule has 0 radical (unpaired) electrons. The maximum atomic E-state index is 14.0. The van der Waals surface area contributed by atoms with Gasteiger partial charge in [0.2, 0.25) is 21.8 Å². The summed E-state index contributed by atoms with van der Waals surface area (Å²) in [6, 6.07) is 19.7. The van der Waals surface area contributed by atoms with Crippen molar-refractivity contribution in [1.29, 1.82) is 0 Å². The van der Waals surface area contributed by atoms with E-state index in [1.807, 2.05) is 61.5 Å². The Kier molecular flexibility index (Phi) is 10.0. The number of non-ortho nitro benzene ring substituents is 1. The van der Waals surface area contributed by atoms with Crippen LogP contribution in [0.2, 0.25) is 0 Å². The molecule has 0 aromatic heterocycles. The average molecular weight is 567 g/mol. The minimum atomic E-state index is -4.04. The number of hydrogen-bond donors (Lipinski definition) is 1. The van der Waals surface area contributed by atoms with Gasteiger partial charge in [-0.25, -0.2) is 8.42 Å². The van der Waals surface area contributed by atoms with Gasteiger partial charge < -0.3 is 10.2 Å². The number of nitrogens with zero attached hydrogens (tertiary/aromatic N) is 3. The van der Waals surface area contributed by atoms with Crippen LogP contribution < -0.4 is 9.62 Å². The molecule has 3 aromatic rings. The molecule has 3 rings (SSSR count). The average Bonchev–Trinajstić information content (AvgIpc) is 2.90. The quantitative estimate of drug-likeness (QED) is 0.263. The van der Waals surface area contributed by atoms with Gasteiger partial charge in [0.25, 0.3) is 5.69 Å². The molecule has 10 nitrogen and oxygen atoms in total. The number of nitro groups is 1. The number of likely N-dealkylation sites (N-methyl/N-ethyl adjacent to an activating group) is 1. The van der Waals surface area contributed by atoms with Crippen molar-refractivity contribution in [2.24, 2.45) is 0 Å². The fourth-order valence-electron chi connectivity index (χ4n) is 4.31. The number of carbonyl (C=O) groups excluding carboxylic acids is 2. The predicted molar refractivity (Wildman–Crippen MR) is 154 cm³/mol. The molecule has 0 heterocycles. The van der Waals surface area contributed by atoms with Crippen LogP contribution in [0.5, 0.6) is 0 Å². The van der Waals surface area contributed by atoms with Gasteiger partial charge in [-0.2, -0.15) is 0 Å². The maximum absolute atomic E-state index is 14.0. The zero-order chi connectivity index (χ0) is 29.4. The highest BCUT2D eigenvalue weighted by molar-refractivity contribution is 7.92. The summed E-state index contributed by atoms with van der Waals surface area (Å²) in [6.07, 6.45) is 1.15. The zero-order valence-corrected chi connectivity index (χ0v) is 23.8. The van der Waals surface area contributed by atoms with Crippen LogP contribution in [0.15, 0.2) is 72.8 Å². The van der Waals surface area contributed by atoms with E-state index >= 15 is 0 Å². The topological polar surface area (TPSA) is 130 Å². The lowest BCUT2D eigenvalue weighted by Crippen LogP contribution is -2.53. The Hall–Kier alpha value is -4.25. The van der Waals surface area contributed by atoms with E-state index in [2.05, 4.69) is 5.32 Å². The second-order valence-corrected chi connectivity index (χ2v) is 11.5. The van der Waals surface area contributed by atoms with Crippen molar-refractivity contribution < 1.29 is 22.9 Å². The van der Waals surface area contributed by atoms with Gasteiger partial charge in [-0.15, -0.1) is 0 Å². The monoisotopic (exact) mass is 566 g/mol. The number of benzene rings is 3. The van der Waals surface area contributed by atoms with E-state index in [1.54, 1.807) is 13.8 Å². The summed E-state index contributed by atoms with van der Waals surface area (Å²) in [5, 5.41) is 14.2. The van der Waals surface area contributed by atoms with Crippen molar-refractivity contribution in [3.05, 3.63) is 105 Å². The van der Waals surface area contributed by atoms with Crippen molar-refractivity contribution in [3.8, 4) is 0 Å². The van der Waals surface area contributed by atoms with Gasteiger partial charge >= 0.3 is 0 Å². The van der Waals surface area contributed by atoms with Crippen LogP contribution in [0, 0.1) is 24.0 Å². The molecule has 212 valence electrons. The normalized spacial score (nSPS) is 11.9. The molecular weight excluding hydrogens is 532 g/mol. The number of nitro benzene ring substituents is 1. The lowest BCUT2D eigenvalue weighted by molar-refractivity contribution is -0.384. The largest absolute Gasteiger partial charge is 0.355 e. The fourth-order valence-corrected chi connectivity index (χ4v) is 5.21. The van der Waals surface area contributed by atoms with E-state index in [1.165, 1.54) is 17.0 Å². The predicted octanol–water partition coefficient (Wildman–Crippen LogP) is 3.75. The summed E-state index contributed by atoms with van der Waals surface area (Å²) in [5.41, 5.74) is 2.78. The van der Waals surface area contributed by atoms with Crippen LogP contribution in [-0.2, 0) is 32.6 Å². The molecule has 2 amide bonds. The number of amides is 2. The lowest BCUT2D eigenvalue weighted by atomic mass is 10.0. The van der Waals surface area contributed by atoms with E-state index < -0.39 is 33.4 Å². The van der Waals surface area contributed by atoms with Gasteiger partial charge in [0.1, 0.15) is 12.6 Å². The molecule has 0 bridgehead atoms. The van der Waals surface area contributed by atoms with E-state index in [-0.39, 0.29) is 30.2 Å². The molecule has 0 aliphatic rings. The van der Waals surface area contributed by atoms with Gasteiger partial charge in [0.05, 0.1) is 16.9 Å². The number of sulfonamides is 1. The first-order chi connectivity index (χ1) is 18.9. The molecule has 1 atom stereocenters. The van der Waals surface area contributed by atoms with Gasteiger partial charge in [-0.05, 0) is 37.5 Å². The molecule has 0 aliphatic carbocycles. The third kappa shape index (κ3) is 7.89. The highest BCUT2D eigenvalue weighted by Gasteiger charge is 2.33. The third-order valence-corrected chi connectivity index (χ3v) is 7.57. The van der Waals surface area contributed by atoms with Crippen LogP contribution >= 0.6 is 0 Å².